The number of carbonyl (C=O) groups excluding carboxylic acids is 1. The zero-order valence-corrected chi connectivity index (χ0v) is 10.6. The maximum absolute atomic E-state index is 11.6. The van der Waals surface area contributed by atoms with E-state index in [-0.39, 0.29) is 5.78 Å². The number of ketones is 1. The minimum absolute atomic E-state index is 0.129. The quantitative estimate of drug-likeness (QED) is 0.754. The normalized spacial score (nSPS) is 11.3. The van der Waals surface area contributed by atoms with Crippen molar-refractivity contribution in [1.82, 2.24) is 9.47 Å². The van der Waals surface area contributed by atoms with Crippen LogP contribution in [0.25, 0.3) is 10.9 Å². The van der Waals surface area contributed by atoms with Gasteiger partial charge in [0.15, 0.2) is 5.78 Å². The van der Waals surface area contributed by atoms with Crippen molar-refractivity contribution in [1.29, 1.82) is 0 Å². The van der Waals surface area contributed by atoms with E-state index in [0.29, 0.717) is 0 Å². The summed E-state index contributed by atoms with van der Waals surface area (Å²) in [6.07, 6.45) is 1.97. The number of benzene rings is 1. The van der Waals surface area contributed by atoms with Crippen molar-refractivity contribution in [2.24, 2.45) is 0 Å². The summed E-state index contributed by atoms with van der Waals surface area (Å²) in [5, 5.41) is 1.05. The second-order valence-electron chi connectivity index (χ2n) is 4.61. The fourth-order valence-corrected chi connectivity index (χ4v) is 2.02. The summed E-state index contributed by atoms with van der Waals surface area (Å²) in [5.41, 5.74) is 1.96. The lowest BCUT2D eigenvalue weighted by Crippen LogP contribution is -2.17. The second-order valence-corrected chi connectivity index (χ2v) is 4.61. The highest BCUT2D eigenvalue weighted by atomic mass is 16.1. The lowest BCUT2D eigenvalue weighted by molar-refractivity contribution is 0.101. The molecular weight excluding hydrogens is 212 g/mol. The van der Waals surface area contributed by atoms with Gasteiger partial charge in [-0.15, -0.1) is 0 Å². The molecule has 0 aliphatic carbocycles. The van der Waals surface area contributed by atoms with Gasteiger partial charge in [-0.1, -0.05) is 18.2 Å². The third-order valence-corrected chi connectivity index (χ3v) is 2.96. The number of fused-ring (bicyclic) bond motifs is 1. The fraction of sp³-hybridized carbons (Fsp3) is 0.357. The molecule has 0 saturated carbocycles. The van der Waals surface area contributed by atoms with Crippen LogP contribution in [0.15, 0.2) is 30.5 Å². The van der Waals surface area contributed by atoms with E-state index >= 15 is 0 Å². The van der Waals surface area contributed by atoms with Crippen LogP contribution in [0.1, 0.15) is 17.3 Å². The van der Waals surface area contributed by atoms with Crippen molar-refractivity contribution in [2.45, 2.75) is 13.5 Å². The molecule has 1 aromatic heterocycles. The molecule has 3 nitrogen and oxygen atoms in total. The van der Waals surface area contributed by atoms with Gasteiger partial charge in [0.1, 0.15) is 0 Å². The first-order valence-electron chi connectivity index (χ1n) is 5.83. The summed E-state index contributed by atoms with van der Waals surface area (Å²) in [4.78, 5) is 13.7. The second kappa shape index (κ2) is 4.72. The Labute approximate surface area is 102 Å². The summed E-state index contributed by atoms with van der Waals surface area (Å²) >= 11 is 0. The van der Waals surface area contributed by atoms with Gasteiger partial charge in [-0.05, 0) is 27.1 Å². The number of carbonyl (C=O) groups is 1. The van der Waals surface area contributed by atoms with Gasteiger partial charge in [0, 0.05) is 35.8 Å². The van der Waals surface area contributed by atoms with E-state index in [1.165, 1.54) is 0 Å². The molecule has 0 N–H and O–H groups in total. The van der Waals surface area contributed by atoms with Crippen LogP contribution in [0.2, 0.25) is 0 Å². The van der Waals surface area contributed by atoms with E-state index in [1.54, 1.807) is 6.92 Å². The lowest BCUT2D eigenvalue weighted by atomic mass is 10.1. The largest absolute Gasteiger partial charge is 0.345 e. The van der Waals surface area contributed by atoms with Crippen LogP contribution in [-0.2, 0) is 6.54 Å². The molecule has 90 valence electrons. The number of Topliss-reactive ketones (excluding diaryl/α,β-unsaturated/α-hetero) is 1. The molecule has 1 aromatic carbocycles. The van der Waals surface area contributed by atoms with Crippen LogP contribution in [-0.4, -0.2) is 35.9 Å². The number of hydrogen-bond acceptors (Lipinski definition) is 2. The topological polar surface area (TPSA) is 25.2 Å². The van der Waals surface area contributed by atoms with E-state index in [4.69, 9.17) is 0 Å². The molecular formula is C14H18N2O. The van der Waals surface area contributed by atoms with Crippen molar-refractivity contribution in [3.05, 3.63) is 36.0 Å². The number of nitrogens with zero attached hydrogens (tertiary/aromatic N) is 2. The van der Waals surface area contributed by atoms with Gasteiger partial charge in [0.2, 0.25) is 0 Å². The molecule has 0 unspecified atom stereocenters. The van der Waals surface area contributed by atoms with Crippen molar-refractivity contribution in [3.63, 3.8) is 0 Å². The van der Waals surface area contributed by atoms with Gasteiger partial charge in [-0.3, -0.25) is 4.79 Å². The number of likely N-dealkylation sites (N-methyl/N-ethyl adjacent to an activating group) is 1. The van der Waals surface area contributed by atoms with Crippen LogP contribution in [0, 0.1) is 0 Å². The summed E-state index contributed by atoms with van der Waals surface area (Å²) in [6, 6.07) is 8.07. The summed E-state index contributed by atoms with van der Waals surface area (Å²) in [6.45, 7) is 3.49. The lowest BCUT2D eigenvalue weighted by Gasteiger charge is -2.10. The Bertz CT molecular complexity index is 540. The first-order valence-corrected chi connectivity index (χ1v) is 5.83. The third kappa shape index (κ3) is 2.39. The predicted molar refractivity (Wildman–Crippen MR) is 70.5 cm³/mol. The van der Waals surface area contributed by atoms with Crippen LogP contribution < -0.4 is 0 Å². The van der Waals surface area contributed by atoms with Gasteiger partial charge in [0.25, 0.3) is 0 Å². The molecule has 3 heteroatoms. The van der Waals surface area contributed by atoms with Gasteiger partial charge >= 0.3 is 0 Å². The van der Waals surface area contributed by atoms with Gasteiger partial charge in [-0.25, -0.2) is 0 Å². The number of hydrogen-bond donors (Lipinski definition) is 0. The standard InChI is InChI=1S/C14H18N2O/c1-11(17)13-10-16(9-8-15(2)3)14-7-5-4-6-12(13)14/h4-7,10H,8-9H2,1-3H3. The van der Waals surface area contributed by atoms with Gasteiger partial charge in [-0.2, -0.15) is 0 Å². The minimum atomic E-state index is 0.129. The molecule has 1 heterocycles. The molecule has 2 aromatic rings. The Morgan fingerprint density at radius 3 is 2.65 bits per heavy atom. The molecule has 0 bridgehead atoms. The first kappa shape index (κ1) is 11.9. The highest BCUT2D eigenvalue weighted by molar-refractivity contribution is 6.06. The van der Waals surface area contributed by atoms with Crippen molar-refractivity contribution >= 4 is 16.7 Å². The summed E-state index contributed by atoms with van der Waals surface area (Å²) < 4.78 is 2.16. The smallest absolute Gasteiger partial charge is 0.161 e. The molecule has 0 fully saturated rings. The first-order chi connectivity index (χ1) is 8.09. The fourth-order valence-electron chi connectivity index (χ4n) is 2.02. The zero-order valence-electron chi connectivity index (χ0n) is 10.6. The number of rotatable bonds is 4. The molecule has 0 aliphatic heterocycles. The molecule has 0 spiro atoms. The van der Waals surface area contributed by atoms with Crippen LogP contribution in [0.3, 0.4) is 0 Å². The average molecular weight is 230 g/mol. The van der Waals surface area contributed by atoms with E-state index < -0.39 is 0 Å². The zero-order chi connectivity index (χ0) is 12.4. The Balaban J connectivity index is 2.45. The van der Waals surface area contributed by atoms with Crippen molar-refractivity contribution in [2.75, 3.05) is 20.6 Å². The SMILES string of the molecule is CC(=O)c1cn(CCN(C)C)c2ccccc12. The van der Waals surface area contributed by atoms with Gasteiger partial charge < -0.3 is 9.47 Å². The third-order valence-electron chi connectivity index (χ3n) is 2.96. The van der Waals surface area contributed by atoms with Crippen molar-refractivity contribution in [3.8, 4) is 0 Å². The highest BCUT2D eigenvalue weighted by Gasteiger charge is 2.10. The van der Waals surface area contributed by atoms with Crippen molar-refractivity contribution < 1.29 is 4.79 Å². The molecule has 0 amide bonds. The monoisotopic (exact) mass is 230 g/mol. The maximum Gasteiger partial charge on any atom is 0.161 e. The Hall–Kier alpha value is -1.61. The summed E-state index contributed by atoms with van der Waals surface area (Å²) in [5.74, 6) is 0.129. The Morgan fingerprint density at radius 1 is 1.29 bits per heavy atom. The average Bonchev–Trinajstić information content (AvgIpc) is 2.65. The van der Waals surface area contributed by atoms with E-state index in [9.17, 15) is 4.79 Å². The Kier molecular flexibility index (Phi) is 3.29. The van der Waals surface area contributed by atoms with Crippen LogP contribution >= 0.6 is 0 Å². The predicted octanol–water partition coefficient (Wildman–Crippen LogP) is 2.41. The van der Waals surface area contributed by atoms with Gasteiger partial charge in [0.05, 0.1) is 0 Å². The van der Waals surface area contributed by atoms with E-state index in [2.05, 4.69) is 29.6 Å². The summed E-state index contributed by atoms with van der Waals surface area (Å²) in [7, 11) is 4.11. The number of para-hydroxylation sites is 1. The Morgan fingerprint density at radius 2 is 2.00 bits per heavy atom. The molecule has 0 aliphatic rings. The van der Waals surface area contributed by atoms with E-state index in [1.807, 2.05) is 24.4 Å². The molecule has 0 atom stereocenters. The highest BCUT2D eigenvalue weighted by Crippen LogP contribution is 2.21. The maximum atomic E-state index is 11.6. The molecule has 2 rings (SSSR count). The van der Waals surface area contributed by atoms with E-state index in [0.717, 1.165) is 29.6 Å². The molecule has 17 heavy (non-hydrogen) atoms. The molecule has 0 saturated heterocycles. The minimum Gasteiger partial charge on any atom is -0.345 e. The molecule has 0 radical (unpaired) electrons. The van der Waals surface area contributed by atoms with Crippen LogP contribution in [0.4, 0.5) is 0 Å². The number of aromatic nitrogens is 1. The van der Waals surface area contributed by atoms with Crippen LogP contribution in [0.5, 0.6) is 0 Å².